The van der Waals surface area contributed by atoms with E-state index < -0.39 is 18.1 Å². The van der Waals surface area contributed by atoms with Crippen LogP contribution < -0.4 is 5.73 Å². The molecule has 0 rings (SSSR count). The minimum atomic E-state index is -1.05. The fourth-order valence-corrected chi connectivity index (χ4v) is 0.952. The van der Waals surface area contributed by atoms with Gasteiger partial charge in [-0.15, -0.1) is 0 Å². The molecule has 4 nitrogen and oxygen atoms in total. The molecular weight excluding hydrogens is 158 g/mol. The molecule has 0 aliphatic rings. The van der Waals surface area contributed by atoms with Crippen LogP contribution in [0.2, 0.25) is 0 Å². The number of nitrogens with two attached hydrogens (primary N) is 1. The van der Waals surface area contributed by atoms with Gasteiger partial charge in [-0.1, -0.05) is 19.8 Å². The van der Waals surface area contributed by atoms with E-state index in [1.54, 1.807) is 0 Å². The van der Waals surface area contributed by atoms with Gasteiger partial charge in [-0.2, -0.15) is 0 Å². The molecule has 4 heteroatoms. The van der Waals surface area contributed by atoms with E-state index in [0.29, 0.717) is 6.42 Å². The third-order valence-corrected chi connectivity index (χ3v) is 1.73. The average Bonchev–Trinajstić information content (AvgIpc) is 2.00. The number of unbranched alkanes of at least 4 members (excludes halogenated alkanes) is 1. The van der Waals surface area contributed by atoms with Crippen molar-refractivity contribution in [1.29, 1.82) is 0 Å². The second kappa shape index (κ2) is 5.97. The fourth-order valence-electron chi connectivity index (χ4n) is 0.952. The van der Waals surface area contributed by atoms with Crippen LogP contribution in [0.4, 0.5) is 0 Å². The lowest BCUT2D eigenvalue weighted by atomic mass is 10.1. The summed E-state index contributed by atoms with van der Waals surface area (Å²) in [6.07, 6.45) is 2.12. The smallest absolute Gasteiger partial charge is 0.320 e. The molecule has 0 radical (unpaired) electrons. The topological polar surface area (TPSA) is 83.5 Å². The number of carbonyl (C=O) groups is 1. The number of hydrogen-bond acceptors (Lipinski definition) is 3. The van der Waals surface area contributed by atoms with E-state index in [1.165, 1.54) is 0 Å². The van der Waals surface area contributed by atoms with Crippen LogP contribution in [-0.2, 0) is 4.79 Å². The summed E-state index contributed by atoms with van der Waals surface area (Å²) in [5.74, 6) is -1.05. The van der Waals surface area contributed by atoms with E-state index >= 15 is 0 Å². The van der Waals surface area contributed by atoms with Crippen molar-refractivity contribution in [2.75, 3.05) is 0 Å². The molecule has 0 aromatic rings. The van der Waals surface area contributed by atoms with Gasteiger partial charge in [0.1, 0.15) is 6.04 Å². The third kappa shape index (κ3) is 5.09. The number of carboxylic acid groups (broad SMARTS) is 1. The molecule has 4 N–H and O–H groups in total. The van der Waals surface area contributed by atoms with Crippen molar-refractivity contribution in [3.63, 3.8) is 0 Å². The van der Waals surface area contributed by atoms with Crippen LogP contribution in [0.1, 0.15) is 32.6 Å². The Labute approximate surface area is 72.4 Å². The highest BCUT2D eigenvalue weighted by molar-refractivity contribution is 5.73. The van der Waals surface area contributed by atoms with Crippen LogP contribution in [0.3, 0.4) is 0 Å². The number of aliphatic carboxylic acids is 1. The van der Waals surface area contributed by atoms with Crippen LogP contribution in [0, 0.1) is 0 Å². The Kier molecular flexibility index (Phi) is 5.66. The molecule has 0 heterocycles. The Morgan fingerprint density at radius 2 is 2.17 bits per heavy atom. The summed E-state index contributed by atoms with van der Waals surface area (Å²) in [7, 11) is 0. The summed E-state index contributed by atoms with van der Waals surface area (Å²) in [5, 5.41) is 17.7. The van der Waals surface area contributed by atoms with E-state index in [-0.39, 0.29) is 6.42 Å². The second-order valence-corrected chi connectivity index (χ2v) is 2.98. The van der Waals surface area contributed by atoms with Crippen molar-refractivity contribution in [3.05, 3.63) is 0 Å². The molecule has 12 heavy (non-hydrogen) atoms. The quantitative estimate of drug-likeness (QED) is 0.543. The molecule has 0 fully saturated rings. The Balaban J connectivity index is 3.53. The first-order valence-electron chi connectivity index (χ1n) is 4.24. The van der Waals surface area contributed by atoms with Gasteiger partial charge in [0.05, 0.1) is 6.10 Å². The summed E-state index contributed by atoms with van der Waals surface area (Å²) in [5.41, 5.74) is 5.23. The van der Waals surface area contributed by atoms with Gasteiger partial charge in [0, 0.05) is 0 Å². The second-order valence-electron chi connectivity index (χ2n) is 2.98. The van der Waals surface area contributed by atoms with E-state index in [1.807, 2.05) is 6.92 Å². The minimum absolute atomic E-state index is 0.148. The maximum Gasteiger partial charge on any atom is 0.320 e. The number of carboxylic acids is 1. The highest BCUT2D eigenvalue weighted by Crippen LogP contribution is 2.05. The number of hydrogen-bond donors (Lipinski definition) is 3. The monoisotopic (exact) mass is 175 g/mol. The van der Waals surface area contributed by atoms with Gasteiger partial charge in [-0.25, -0.2) is 0 Å². The number of aliphatic hydroxyl groups excluding tert-OH is 1. The molecule has 0 aliphatic carbocycles. The van der Waals surface area contributed by atoms with Crippen molar-refractivity contribution in [3.8, 4) is 0 Å². The lowest BCUT2D eigenvalue weighted by Crippen LogP contribution is -2.33. The van der Waals surface area contributed by atoms with Crippen LogP contribution in [0.15, 0.2) is 0 Å². The van der Waals surface area contributed by atoms with Gasteiger partial charge in [-0.3, -0.25) is 4.79 Å². The molecule has 0 aromatic heterocycles. The third-order valence-electron chi connectivity index (χ3n) is 1.73. The molecule has 2 atom stereocenters. The van der Waals surface area contributed by atoms with Crippen LogP contribution >= 0.6 is 0 Å². The van der Waals surface area contributed by atoms with E-state index in [0.717, 1.165) is 12.8 Å². The maximum atomic E-state index is 10.3. The number of aliphatic hydroxyl groups is 1. The van der Waals surface area contributed by atoms with Crippen molar-refractivity contribution in [1.82, 2.24) is 0 Å². The van der Waals surface area contributed by atoms with Crippen molar-refractivity contribution in [2.24, 2.45) is 5.73 Å². The van der Waals surface area contributed by atoms with E-state index in [2.05, 4.69) is 0 Å². The molecule has 0 amide bonds. The average molecular weight is 175 g/mol. The summed E-state index contributed by atoms with van der Waals surface area (Å²) in [4.78, 5) is 10.3. The summed E-state index contributed by atoms with van der Waals surface area (Å²) >= 11 is 0. The first-order valence-corrected chi connectivity index (χ1v) is 4.24. The van der Waals surface area contributed by atoms with Crippen molar-refractivity contribution < 1.29 is 15.0 Å². The van der Waals surface area contributed by atoms with Gasteiger partial charge in [0.2, 0.25) is 0 Å². The molecule has 0 aliphatic heterocycles. The van der Waals surface area contributed by atoms with Crippen LogP contribution in [-0.4, -0.2) is 28.3 Å². The molecule has 0 spiro atoms. The highest BCUT2D eigenvalue weighted by atomic mass is 16.4. The molecule has 0 saturated heterocycles. The molecule has 0 saturated carbocycles. The summed E-state index contributed by atoms with van der Waals surface area (Å²) in [6, 6.07) is -0.933. The molecule has 0 aromatic carbocycles. The van der Waals surface area contributed by atoms with Crippen LogP contribution in [0.25, 0.3) is 0 Å². The zero-order valence-corrected chi connectivity index (χ0v) is 7.36. The Morgan fingerprint density at radius 1 is 1.58 bits per heavy atom. The molecule has 0 bridgehead atoms. The Morgan fingerprint density at radius 3 is 2.58 bits per heavy atom. The number of rotatable bonds is 6. The molecule has 72 valence electrons. The van der Waals surface area contributed by atoms with E-state index in [9.17, 15) is 9.90 Å². The van der Waals surface area contributed by atoms with Gasteiger partial charge in [-0.05, 0) is 12.8 Å². The molecule has 0 unspecified atom stereocenters. The summed E-state index contributed by atoms with van der Waals surface area (Å²) in [6.45, 7) is 2.02. The predicted molar refractivity (Wildman–Crippen MR) is 45.8 cm³/mol. The Hall–Kier alpha value is -0.610. The first kappa shape index (κ1) is 11.4. The standard InChI is InChI=1S/C8H17NO3/c1-2-3-4-6(10)5-7(9)8(11)12/h6-7,10H,2-5,9H2,1H3,(H,11,12)/t6-,7-/m1/s1. The van der Waals surface area contributed by atoms with Gasteiger partial charge in [0.15, 0.2) is 0 Å². The van der Waals surface area contributed by atoms with Gasteiger partial charge >= 0.3 is 5.97 Å². The largest absolute Gasteiger partial charge is 0.480 e. The highest BCUT2D eigenvalue weighted by Gasteiger charge is 2.15. The normalized spacial score (nSPS) is 15.6. The summed E-state index contributed by atoms with van der Waals surface area (Å²) < 4.78 is 0. The first-order chi connectivity index (χ1) is 5.57. The van der Waals surface area contributed by atoms with Gasteiger partial charge < -0.3 is 15.9 Å². The minimum Gasteiger partial charge on any atom is -0.480 e. The van der Waals surface area contributed by atoms with Gasteiger partial charge in [0.25, 0.3) is 0 Å². The van der Waals surface area contributed by atoms with Crippen LogP contribution in [0.5, 0.6) is 0 Å². The predicted octanol–water partition coefficient (Wildman–Crippen LogP) is 0.339. The SMILES string of the molecule is CCCC[C@@H](O)C[C@@H](N)C(=O)O. The zero-order valence-electron chi connectivity index (χ0n) is 7.36. The zero-order chi connectivity index (χ0) is 9.56. The maximum absolute atomic E-state index is 10.3. The lowest BCUT2D eigenvalue weighted by molar-refractivity contribution is -0.139. The van der Waals surface area contributed by atoms with E-state index in [4.69, 9.17) is 10.8 Å². The molecular formula is C8H17NO3. The lowest BCUT2D eigenvalue weighted by Gasteiger charge is -2.12. The fraction of sp³-hybridized carbons (Fsp3) is 0.875. The van der Waals surface area contributed by atoms with Crippen molar-refractivity contribution in [2.45, 2.75) is 44.8 Å². The van der Waals surface area contributed by atoms with Crippen molar-refractivity contribution >= 4 is 5.97 Å². The Bertz CT molecular complexity index is 138.